The highest BCUT2D eigenvalue weighted by Gasteiger charge is 2.15. The number of rotatable bonds is 1. The number of amides is 1. The maximum absolute atomic E-state index is 8.58. The summed E-state index contributed by atoms with van der Waals surface area (Å²) in [6.07, 6.45) is 4.92. The van der Waals surface area contributed by atoms with Crippen molar-refractivity contribution in [2.75, 3.05) is 4.72 Å². The number of pyridine rings is 2. The van der Waals surface area contributed by atoms with Gasteiger partial charge in [-0.15, -0.1) is 0 Å². The predicted molar refractivity (Wildman–Crippen MR) is 106 cm³/mol. The van der Waals surface area contributed by atoms with Gasteiger partial charge in [-0.1, -0.05) is 17.7 Å². The molecule has 0 saturated heterocycles. The third-order valence-corrected chi connectivity index (χ3v) is 4.99. The molecule has 3 aromatic rings. The third-order valence-electron chi connectivity index (χ3n) is 4.05. The molecule has 1 aliphatic rings. The fraction of sp³-hybridized carbons (Fsp3) is 0.150. The van der Waals surface area contributed by atoms with Crippen molar-refractivity contribution in [1.29, 1.82) is 0 Å². The van der Waals surface area contributed by atoms with Gasteiger partial charge in [-0.3, -0.25) is 14.8 Å². The number of fused-ring (bicyclic) bond motifs is 2. The van der Waals surface area contributed by atoms with E-state index in [4.69, 9.17) is 9.78 Å². The van der Waals surface area contributed by atoms with Gasteiger partial charge in [0, 0.05) is 35.0 Å². The van der Waals surface area contributed by atoms with E-state index in [2.05, 4.69) is 52.7 Å². The average molecular weight is 364 g/mol. The van der Waals surface area contributed by atoms with E-state index >= 15 is 0 Å². The molecule has 1 amide bonds. The van der Waals surface area contributed by atoms with Gasteiger partial charge in [0.15, 0.2) is 0 Å². The number of nitrogens with zero attached hydrogens (tertiary/aromatic N) is 2. The van der Waals surface area contributed by atoms with Crippen LogP contribution in [-0.2, 0) is 11.2 Å². The van der Waals surface area contributed by atoms with Gasteiger partial charge in [0.25, 0.3) is 0 Å². The van der Waals surface area contributed by atoms with Crippen LogP contribution >= 0.6 is 11.9 Å². The molecule has 0 fully saturated rings. The molecular formula is C20H20N4OS. The summed E-state index contributed by atoms with van der Waals surface area (Å²) >= 11 is 1.67. The number of hydrogen-bond acceptors (Lipinski definition) is 5. The number of anilines is 1. The van der Waals surface area contributed by atoms with Crippen LogP contribution in [0.5, 0.6) is 0 Å². The van der Waals surface area contributed by atoms with Gasteiger partial charge in [0.05, 0.1) is 11.4 Å². The minimum absolute atomic E-state index is 0.250. The van der Waals surface area contributed by atoms with E-state index in [1.54, 1.807) is 11.9 Å². The zero-order chi connectivity index (χ0) is 18.5. The molecule has 26 heavy (non-hydrogen) atoms. The highest BCUT2D eigenvalue weighted by atomic mass is 32.2. The Morgan fingerprint density at radius 1 is 1.12 bits per heavy atom. The maximum atomic E-state index is 8.58. The smallest absolute Gasteiger partial charge is 0.204 e. The number of aromatic nitrogens is 2. The zero-order valence-corrected chi connectivity index (χ0v) is 15.5. The van der Waals surface area contributed by atoms with E-state index in [1.165, 1.54) is 16.0 Å². The SMILES string of the molecule is Cc1ccc2c(c1)Cc1ncc(-c3ccnc(C)c3)cc1NS2.NC=O. The molecule has 132 valence electrons. The number of carbonyl (C=O) groups excluding carboxylic acids is 1. The van der Waals surface area contributed by atoms with Gasteiger partial charge in [-0.25, -0.2) is 0 Å². The third kappa shape index (κ3) is 4.03. The van der Waals surface area contributed by atoms with Crippen LogP contribution in [0.4, 0.5) is 5.69 Å². The average Bonchev–Trinajstić information content (AvgIpc) is 2.80. The summed E-state index contributed by atoms with van der Waals surface area (Å²) in [4.78, 5) is 18.8. The molecule has 0 spiro atoms. The number of aryl methyl sites for hydroxylation is 2. The molecule has 1 aliphatic heterocycles. The lowest BCUT2D eigenvalue weighted by Gasteiger charge is -2.09. The van der Waals surface area contributed by atoms with Crippen LogP contribution in [0.25, 0.3) is 11.1 Å². The summed E-state index contributed by atoms with van der Waals surface area (Å²) in [5, 5.41) is 0. The Balaban J connectivity index is 0.000000613. The standard InChI is InChI=1S/C19H17N3S.CH3NO/c1-12-3-4-19-15(7-12)9-17-18(22-23-19)10-16(11-21-17)14-5-6-20-13(2)8-14;2-1-3/h3-8,10-11,22H,9H2,1-2H3;1H,(H2,2,3). The summed E-state index contributed by atoms with van der Waals surface area (Å²) in [7, 11) is 0. The largest absolute Gasteiger partial charge is 0.372 e. The van der Waals surface area contributed by atoms with Crippen molar-refractivity contribution in [2.45, 2.75) is 25.2 Å². The highest BCUT2D eigenvalue weighted by molar-refractivity contribution is 8.00. The number of benzene rings is 1. The Morgan fingerprint density at radius 3 is 2.69 bits per heavy atom. The van der Waals surface area contributed by atoms with Crippen molar-refractivity contribution in [3.63, 3.8) is 0 Å². The fourth-order valence-corrected chi connectivity index (χ4v) is 3.64. The Bertz CT molecular complexity index is 943. The Morgan fingerprint density at radius 2 is 1.92 bits per heavy atom. The molecule has 0 aliphatic carbocycles. The maximum Gasteiger partial charge on any atom is 0.204 e. The molecule has 3 N–H and O–H groups in total. The summed E-state index contributed by atoms with van der Waals surface area (Å²) < 4.78 is 3.46. The number of nitrogens with one attached hydrogen (secondary N) is 1. The van der Waals surface area contributed by atoms with Gasteiger partial charge >= 0.3 is 0 Å². The molecule has 6 heteroatoms. The fourth-order valence-electron chi connectivity index (χ4n) is 2.84. The first-order valence-electron chi connectivity index (χ1n) is 8.20. The number of hydrogen-bond donors (Lipinski definition) is 2. The number of nitrogens with two attached hydrogens (primary N) is 1. The topological polar surface area (TPSA) is 80.9 Å². The minimum atomic E-state index is 0.250. The van der Waals surface area contributed by atoms with Crippen LogP contribution < -0.4 is 10.5 Å². The Kier molecular flexibility index (Phi) is 5.53. The van der Waals surface area contributed by atoms with Crippen molar-refractivity contribution in [3.8, 4) is 11.1 Å². The van der Waals surface area contributed by atoms with Crippen molar-refractivity contribution in [2.24, 2.45) is 5.73 Å². The van der Waals surface area contributed by atoms with Crippen molar-refractivity contribution < 1.29 is 4.79 Å². The molecular weight excluding hydrogens is 344 g/mol. The molecule has 0 atom stereocenters. The minimum Gasteiger partial charge on any atom is -0.372 e. The number of primary amides is 1. The molecule has 5 nitrogen and oxygen atoms in total. The second-order valence-electron chi connectivity index (χ2n) is 6.03. The van der Waals surface area contributed by atoms with Crippen LogP contribution in [-0.4, -0.2) is 16.4 Å². The molecule has 1 aromatic carbocycles. The van der Waals surface area contributed by atoms with Crippen molar-refractivity contribution in [1.82, 2.24) is 9.97 Å². The van der Waals surface area contributed by atoms with Crippen LogP contribution in [0.1, 0.15) is 22.5 Å². The number of carbonyl (C=O) groups is 1. The van der Waals surface area contributed by atoms with E-state index in [9.17, 15) is 0 Å². The predicted octanol–water partition coefficient (Wildman–Crippen LogP) is 3.89. The van der Waals surface area contributed by atoms with Crippen LogP contribution in [0, 0.1) is 13.8 Å². The molecule has 0 saturated carbocycles. The van der Waals surface area contributed by atoms with E-state index < -0.39 is 0 Å². The van der Waals surface area contributed by atoms with Crippen LogP contribution in [0.2, 0.25) is 0 Å². The molecule has 0 bridgehead atoms. The summed E-state index contributed by atoms with van der Waals surface area (Å²) in [5.41, 5.74) is 12.3. The molecule has 0 unspecified atom stereocenters. The first-order valence-corrected chi connectivity index (χ1v) is 9.02. The first-order chi connectivity index (χ1) is 12.6. The van der Waals surface area contributed by atoms with E-state index in [0.29, 0.717) is 0 Å². The van der Waals surface area contributed by atoms with Crippen molar-refractivity contribution in [3.05, 3.63) is 71.3 Å². The molecule has 0 radical (unpaired) electrons. The molecule has 4 rings (SSSR count). The van der Waals surface area contributed by atoms with Gasteiger partial charge in [0.1, 0.15) is 0 Å². The lowest BCUT2D eigenvalue weighted by Crippen LogP contribution is -1.96. The zero-order valence-electron chi connectivity index (χ0n) is 14.7. The molecule has 3 heterocycles. The Labute approximate surface area is 157 Å². The quantitative estimate of drug-likeness (QED) is 0.506. The van der Waals surface area contributed by atoms with Crippen molar-refractivity contribution >= 4 is 24.0 Å². The van der Waals surface area contributed by atoms with Gasteiger partial charge in [-0.05, 0) is 61.2 Å². The van der Waals surface area contributed by atoms with Gasteiger partial charge < -0.3 is 10.5 Å². The van der Waals surface area contributed by atoms with E-state index in [1.807, 2.05) is 25.4 Å². The van der Waals surface area contributed by atoms with Crippen LogP contribution in [0.15, 0.2) is 53.7 Å². The second kappa shape index (κ2) is 8.01. The molecule has 2 aromatic heterocycles. The second-order valence-corrected chi connectivity index (χ2v) is 6.88. The first kappa shape index (κ1) is 17.9. The normalized spacial score (nSPS) is 11.8. The van der Waals surface area contributed by atoms with Gasteiger partial charge in [-0.2, -0.15) is 0 Å². The summed E-state index contributed by atoms with van der Waals surface area (Å²) in [6, 6.07) is 12.9. The summed E-state index contributed by atoms with van der Waals surface area (Å²) in [6.45, 7) is 4.14. The van der Waals surface area contributed by atoms with Crippen LogP contribution in [0.3, 0.4) is 0 Å². The van der Waals surface area contributed by atoms with E-state index in [0.717, 1.165) is 34.6 Å². The summed E-state index contributed by atoms with van der Waals surface area (Å²) in [5.74, 6) is 0. The highest BCUT2D eigenvalue weighted by Crippen LogP contribution is 2.35. The monoisotopic (exact) mass is 364 g/mol. The van der Waals surface area contributed by atoms with Gasteiger partial charge in [0.2, 0.25) is 6.41 Å². The lowest BCUT2D eigenvalue weighted by molar-refractivity contribution is -0.106. The lowest BCUT2D eigenvalue weighted by atomic mass is 10.0. The van der Waals surface area contributed by atoms with E-state index in [-0.39, 0.29) is 6.41 Å². The Hall–Kier alpha value is -2.86.